The van der Waals surface area contributed by atoms with Crippen LogP contribution in [0.2, 0.25) is 0 Å². The molecule has 0 fully saturated rings. The lowest BCUT2D eigenvalue weighted by Crippen LogP contribution is -1.95. The van der Waals surface area contributed by atoms with Crippen molar-refractivity contribution < 1.29 is 10.9 Å². The van der Waals surface area contributed by atoms with Gasteiger partial charge in [-0.3, -0.25) is 4.79 Å². The molecule has 0 aliphatic heterocycles. The lowest BCUT2D eigenvalue weighted by Gasteiger charge is -1.95. The van der Waals surface area contributed by atoms with Crippen molar-refractivity contribution in [2.45, 2.75) is 6.92 Å². The second-order valence-corrected chi connectivity index (χ2v) is 4.66. The quantitative estimate of drug-likeness (QED) is 0.616. The Morgan fingerprint density at radius 2 is 1.83 bits per heavy atom. The minimum absolute atomic E-state index is 0.189. The number of carbonyl (C=O) groups is 1. The summed E-state index contributed by atoms with van der Waals surface area (Å²) in [4.78, 5) is 10.9. The zero-order valence-electron chi connectivity index (χ0n) is 6.41. The summed E-state index contributed by atoms with van der Waals surface area (Å²) in [5.74, 6) is -0.209. The minimum atomic E-state index is -3.51. The topological polar surface area (TPSA) is 51.2 Å². The van der Waals surface area contributed by atoms with Crippen molar-refractivity contribution in [3.63, 3.8) is 0 Å². The van der Waals surface area contributed by atoms with Crippen LogP contribution in [0, 0.1) is 3.57 Å². The van der Waals surface area contributed by atoms with Crippen LogP contribution in [0.5, 0.6) is 0 Å². The molecule has 0 radical (unpaired) electrons. The van der Waals surface area contributed by atoms with Crippen LogP contribution < -0.4 is 0 Å². The van der Waals surface area contributed by atoms with Crippen molar-refractivity contribution in [3.05, 3.63) is 33.4 Å². The van der Waals surface area contributed by atoms with Gasteiger partial charge in [0, 0.05) is 5.56 Å². The number of halogens is 1. The standard InChI is InChI=1S/C8H7IO3/c1-6(10)7-4-2-3-5-8(7)9(11)12/h2-5H,1H3. The molecule has 0 heterocycles. The van der Waals surface area contributed by atoms with E-state index >= 15 is 0 Å². The Balaban J connectivity index is 3.36. The number of hydrogen-bond acceptors (Lipinski definition) is 3. The molecule has 0 spiro atoms. The van der Waals surface area contributed by atoms with Gasteiger partial charge in [0.25, 0.3) is 0 Å². The molecule has 0 amide bonds. The molecule has 3 nitrogen and oxygen atoms in total. The van der Waals surface area contributed by atoms with Gasteiger partial charge in [-0.1, -0.05) is 18.2 Å². The highest BCUT2D eigenvalue weighted by atomic mass is 127. The zero-order valence-corrected chi connectivity index (χ0v) is 8.57. The SMILES string of the molecule is CC(=O)c1ccccc1I(=O)=O. The van der Waals surface area contributed by atoms with Gasteiger partial charge in [-0.05, 0) is 13.0 Å². The third-order valence-corrected chi connectivity index (χ3v) is 3.31. The van der Waals surface area contributed by atoms with Gasteiger partial charge in [-0.15, -0.1) is 0 Å². The van der Waals surface area contributed by atoms with Gasteiger partial charge in [0.15, 0.2) is 5.78 Å². The highest BCUT2D eigenvalue weighted by Crippen LogP contribution is 2.21. The van der Waals surface area contributed by atoms with Crippen LogP contribution in [0.1, 0.15) is 17.3 Å². The summed E-state index contributed by atoms with van der Waals surface area (Å²) in [5, 5.41) is 0. The Labute approximate surface area is 76.9 Å². The van der Waals surface area contributed by atoms with Crippen LogP contribution in [0.15, 0.2) is 24.3 Å². The lowest BCUT2D eigenvalue weighted by atomic mass is 10.2. The smallest absolute Gasteiger partial charge is 0.294 e. The zero-order chi connectivity index (χ0) is 9.14. The summed E-state index contributed by atoms with van der Waals surface area (Å²) in [6.07, 6.45) is 0. The van der Waals surface area contributed by atoms with Crippen molar-refractivity contribution in [1.29, 1.82) is 0 Å². The van der Waals surface area contributed by atoms with Gasteiger partial charge in [-0.25, -0.2) is 6.14 Å². The van der Waals surface area contributed by atoms with Crippen LogP contribution in [-0.2, 0) is 6.14 Å². The molecule has 1 aromatic rings. The van der Waals surface area contributed by atoms with E-state index in [1.165, 1.54) is 19.1 Å². The largest absolute Gasteiger partial charge is 0.341 e. The Hall–Kier alpha value is -0.780. The van der Waals surface area contributed by atoms with E-state index in [0.717, 1.165) is 0 Å². The van der Waals surface area contributed by atoms with E-state index < -0.39 is 19.8 Å². The second-order valence-electron chi connectivity index (χ2n) is 2.25. The Morgan fingerprint density at radius 3 is 2.25 bits per heavy atom. The minimum Gasteiger partial charge on any atom is -0.294 e. The van der Waals surface area contributed by atoms with Crippen LogP contribution in [0.3, 0.4) is 0 Å². The van der Waals surface area contributed by atoms with Crippen LogP contribution in [0.4, 0.5) is 0 Å². The van der Waals surface area contributed by atoms with Crippen molar-refractivity contribution in [1.82, 2.24) is 0 Å². The number of benzene rings is 1. The fourth-order valence-corrected chi connectivity index (χ4v) is 2.42. The first-order valence-electron chi connectivity index (χ1n) is 3.28. The molecular weight excluding hydrogens is 271 g/mol. The molecule has 0 saturated heterocycles. The molecular formula is C8H7IO3. The number of carbonyl (C=O) groups excluding carboxylic acids is 1. The molecule has 0 aliphatic rings. The summed E-state index contributed by atoms with van der Waals surface area (Å²) < 4.78 is 21.6. The van der Waals surface area contributed by atoms with Gasteiger partial charge < -0.3 is 0 Å². The number of rotatable bonds is 2. The molecule has 4 heteroatoms. The van der Waals surface area contributed by atoms with Gasteiger partial charge in [0.1, 0.15) is 0 Å². The van der Waals surface area contributed by atoms with Gasteiger partial charge in [0.2, 0.25) is 0 Å². The van der Waals surface area contributed by atoms with Crippen molar-refractivity contribution in [2.24, 2.45) is 0 Å². The molecule has 0 aromatic heterocycles. The fraction of sp³-hybridized carbons (Fsp3) is 0.125. The lowest BCUT2D eigenvalue weighted by molar-refractivity contribution is 0.101. The van der Waals surface area contributed by atoms with Crippen molar-refractivity contribution in [2.75, 3.05) is 0 Å². The summed E-state index contributed by atoms with van der Waals surface area (Å²) in [5.41, 5.74) is 0.299. The maximum atomic E-state index is 10.9. The Bertz CT molecular complexity index is 372. The Morgan fingerprint density at radius 1 is 1.25 bits per heavy atom. The van der Waals surface area contributed by atoms with Gasteiger partial charge in [0.05, 0.1) is 3.57 Å². The number of Topliss-reactive ketones (excluding diaryl/α,β-unsaturated/α-hetero) is 1. The summed E-state index contributed by atoms with van der Waals surface area (Å²) in [6.45, 7) is 1.36. The first-order chi connectivity index (χ1) is 5.63. The van der Waals surface area contributed by atoms with Crippen molar-refractivity contribution in [3.8, 4) is 0 Å². The first-order valence-corrected chi connectivity index (χ1v) is 6.12. The van der Waals surface area contributed by atoms with Crippen molar-refractivity contribution >= 4 is 25.6 Å². The predicted molar refractivity (Wildman–Crippen MR) is 50.5 cm³/mol. The molecule has 0 bridgehead atoms. The number of hydrogen-bond donors (Lipinski definition) is 0. The highest BCUT2D eigenvalue weighted by Gasteiger charge is 2.09. The molecule has 1 aromatic carbocycles. The molecule has 64 valence electrons. The molecule has 0 aliphatic carbocycles. The normalized spacial score (nSPS) is 10.2. The molecule has 0 N–H and O–H groups in total. The van der Waals surface area contributed by atoms with Gasteiger partial charge in [-0.2, -0.15) is 0 Å². The summed E-state index contributed by atoms with van der Waals surface area (Å²) >= 11 is -3.51. The van der Waals surface area contributed by atoms with E-state index in [0.29, 0.717) is 5.56 Å². The van der Waals surface area contributed by atoms with E-state index in [9.17, 15) is 10.9 Å². The molecule has 1 rings (SSSR count). The maximum absolute atomic E-state index is 10.9. The third-order valence-electron chi connectivity index (χ3n) is 1.42. The molecule has 0 saturated carbocycles. The van der Waals surface area contributed by atoms with E-state index in [1.807, 2.05) is 0 Å². The molecule has 0 atom stereocenters. The van der Waals surface area contributed by atoms with E-state index in [-0.39, 0.29) is 9.35 Å². The highest BCUT2D eigenvalue weighted by molar-refractivity contribution is 14.2. The second kappa shape index (κ2) is 3.75. The summed E-state index contributed by atoms with van der Waals surface area (Å²) in [7, 11) is 0. The monoisotopic (exact) mass is 278 g/mol. The summed E-state index contributed by atoms with van der Waals surface area (Å²) in [6, 6.07) is 6.25. The predicted octanol–water partition coefficient (Wildman–Crippen LogP) is 2.26. The molecule has 12 heavy (non-hydrogen) atoms. The van der Waals surface area contributed by atoms with Crippen LogP contribution in [-0.4, -0.2) is 5.78 Å². The third kappa shape index (κ3) is 1.88. The van der Waals surface area contributed by atoms with E-state index in [2.05, 4.69) is 0 Å². The average molecular weight is 278 g/mol. The first kappa shape index (κ1) is 9.31. The fourth-order valence-electron chi connectivity index (χ4n) is 0.881. The van der Waals surface area contributed by atoms with Crippen LogP contribution in [0.25, 0.3) is 0 Å². The van der Waals surface area contributed by atoms with Gasteiger partial charge >= 0.3 is 19.8 Å². The average Bonchev–Trinajstić information content (AvgIpc) is 2.04. The van der Waals surface area contributed by atoms with E-state index in [4.69, 9.17) is 0 Å². The van der Waals surface area contributed by atoms with Crippen LogP contribution >= 0.6 is 19.8 Å². The maximum Gasteiger partial charge on any atom is 0.341 e. The Kier molecular flexibility index (Phi) is 2.91. The van der Waals surface area contributed by atoms with E-state index in [1.54, 1.807) is 12.1 Å². The molecule has 0 unspecified atom stereocenters. The number of ketones is 1.